The molecule has 0 bridgehead atoms. The van der Waals surface area contributed by atoms with Gasteiger partial charge in [-0.1, -0.05) is 29.4 Å². The van der Waals surface area contributed by atoms with E-state index in [1.54, 1.807) is 0 Å². The maximum atomic E-state index is 13.0. The fourth-order valence-electron chi connectivity index (χ4n) is 3.37. The molecule has 22 heavy (non-hydrogen) atoms. The summed E-state index contributed by atoms with van der Waals surface area (Å²) in [7, 11) is 0. The van der Waals surface area contributed by atoms with Crippen molar-refractivity contribution in [2.75, 3.05) is 19.8 Å². The summed E-state index contributed by atoms with van der Waals surface area (Å²) < 4.78 is 10.3. The minimum Gasteiger partial charge on any atom is -0.377 e. The lowest BCUT2D eigenvalue weighted by Crippen LogP contribution is -2.46. The van der Waals surface area contributed by atoms with Gasteiger partial charge in [-0.3, -0.25) is 4.79 Å². The highest BCUT2D eigenvalue weighted by Crippen LogP contribution is 2.31. The second-order valence-electron chi connectivity index (χ2n) is 5.79. The number of carbonyl (C=O) groups excluding carboxylic acids is 1. The van der Waals surface area contributed by atoms with E-state index in [0.717, 1.165) is 12.8 Å². The summed E-state index contributed by atoms with van der Waals surface area (Å²) in [5, 5.41) is 3.88. The minimum atomic E-state index is -0.247. The molecule has 0 N–H and O–H groups in total. The average Bonchev–Trinajstić information content (AvgIpc) is 3.23. The zero-order valence-corrected chi connectivity index (χ0v) is 12.1. The Balaban J connectivity index is 1.54. The lowest BCUT2D eigenvalue weighted by Gasteiger charge is -2.35. The summed E-state index contributed by atoms with van der Waals surface area (Å²) in [5.74, 6) is 0.683. The number of fused-ring (bicyclic) bond motifs is 1. The number of rotatable bonds is 2. The molecule has 1 aliphatic heterocycles. The van der Waals surface area contributed by atoms with Crippen molar-refractivity contribution in [2.24, 2.45) is 5.92 Å². The van der Waals surface area contributed by atoms with Gasteiger partial charge >= 0.3 is 0 Å². The van der Waals surface area contributed by atoms with Crippen molar-refractivity contribution in [3.8, 4) is 0 Å². The molecule has 1 fully saturated rings. The van der Waals surface area contributed by atoms with Crippen LogP contribution in [0.5, 0.6) is 0 Å². The number of morpholine rings is 1. The second kappa shape index (κ2) is 5.53. The molecule has 0 radical (unpaired) electrons. The van der Waals surface area contributed by atoms with E-state index in [1.807, 2.05) is 17.0 Å². The zero-order valence-electron chi connectivity index (χ0n) is 12.1. The van der Waals surface area contributed by atoms with Crippen LogP contribution < -0.4 is 0 Å². The van der Waals surface area contributed by atoms with Crippen molar-refractivity contribution in [1.29, 1.82) is 0 Å². The molecular weight excluding hydrogens is 282 g/mol. The van der Waals surface area contributed by atoms with Crippen molar-refractivity contribution in [3.63, 3.8) is 0 Å². The first kappa shape index (κ1) is 13.5. The Bertz CT molecular complexity index is 646. The summed E-state index contributed by atoms with van der Waals surface area (Å²) in [6, 6.07) is 8.03. The monoisotopic (exact) mass is 299 g/mol. The SMILES string of the molecule is O=C(C1Cc2ccccc2C1)N1CCOCC1c1ncon1. The molecule has 6 heteroatoms. The number of hydrogen-bond donors (Lipinski definition) is 0. The van der Waals surface area contributed by atoms with Crippen LogP contribution in [0.25, 0.3) is 0 Å². The smallest absolute Gasteiger partial charge is 0.227 e. The predicted octanol–water partition coefficient (Wildman–Crippen LogP) is 1.38. The normalized spacial score (nSPS) is 21.8. The molecule has 6 nitrogen and oxygen atoms in total. The highest BCUT2D eigenvalue weighted by Gasteiger charge is 2.37. The summed E-state index contributed by atoms with van der Waals surface area (Å²) in [6.07, 6.45) is 2.91. The van der Waals surface area contributed by atoms with Crippen LogP contribution in [0.15, 0.2) is 35.2 Å². The lowest BCUT2D eigenvalue weighted by atomic mass is 10.0. The van der Waals surface area contributed by atoms with Crippen LogP contribution in [-0.4, -0.2) is 40.7 Å². The van der Waals surface area contributed by atoms with Crippen LogP contribution in [-0.2, 0) is 22.4 Å². The van der Waals surface area contributed by atoms with Gasteiger partial charge in [-0.25, -0.2) is 0 Å². The molecule has 1 unspecified atom stereocenters. The van der Waals surface area contributed by atoms with Gasteiger partial charge in [0.05, 0.1) is 13.2 Å². The van der Waals surface area contributed by atoms with Gasteiger partial charge in [-0.2, -0.15) is 4.98 Å². The Morgan fingerprint density at radius 3 is 2.68 bits per heavy atom. The van der Waals surface area contributed by atoms with Crippen molar-refractivity contribution in [1.82, 2.24) is 15.0 Å². The summed E-state index contributed by atoms with van der Waals surface area (Å²) in [4.78, 5) is 18.9. The van der Waals surface area contributed by atoms with Crippen molar-refractivity contribution < 1.29 is 14.1 Å². The molecule has 1 aliphatic carbocycles. The molecule has 0 spiro atoms. The highest BCUT2D eigenvalue weighted by atomic mass is 16.5. The number of aromatic nitrogens is 2. The van der Waals surface area contributed by atoms with Crippen molar-refractivity contribution >= 4 is 5.91 Å². The van der Waals surface area contributed by atoms with Crippen LogP contribution in [0.3, 0.4) is 0 Å². The molecule has 2 heterocycles. The number of hydrogen-bond acceptors (Lipinski definition) is 5. The lowest BCUT2D eigenvalue weighted by molar-refractivity contribution is -0.144. The number of amides is 1. The summed E-state index contributed by atoms with van der Waals surface area (Å²) in [6.45, 7) is 1.55. The van der Waals surface area contributed by atoms with E-state index in [4.69, 9.17) is 9.26 Å². The Hall–Kier alpha value is -2.21. The molecule has 1 saturated heterocycles. The molecule has 2 aromatic rings. The van der Waals surface area contributed by atoms with Crippen LogP contribution in [0.4, 0.5) is 0 Å². The zero-order chi connectivity index (χ0) is 14.9. The van der Waals surface area contributed by atoms with Crippen molar-refractivity contribution in [3.05, 3.63) is 47.6 Å². The molecule has 4 rings (SSSR count). The third kappa shape index (κ3) is 2.29. The van der Waals surface area contributed by atoms with E-state index in [9.17, 15) is 4.79 Å². The van der Waals surface area contributed by atoms with Crippen molar-refractivity contribution in [2.45, 2.75) is 18.9 Å². The maximum absolute atomic E-state index is 13.0. The molecule has 1 aromatic heterocycles. The fraction of sp³-hybridized carbons (Fsp3) is 0.438. The quantitative estimate of drug-likeness (QED) is 0.838. The number of nitrogens with zero attached hydrogens (tertiary/aromatic N) is 3. The van der Waals surface area contributed by atoms with Gasteiger partial charge in [0.25, 0.3) is 0 Å². The van der Waals surface area contributed by atoms with Crippen LogP contribution >= 0.6 is 0 Å². The van der Waals surface area contributed by atoms with Gasteiger partial charge in [0.15, 0.2) is 5.82 Å². The Kier molecular flexibility index (Phi) is 3.38. The van der Waals surface area contributed by atoms with E-state index in [2.05, 4.69) is 22.3 Å². The standard InChI is InChI=1S/C16H17N3O3/c20-16(13-7-11-3-1-2-4-12(11)8-13)19-5-6-21-9-14(19)15-17-10-22-18-15/h1-4,10,13-14H,5-9H2. The van der Waals surface area contributed by atoms with Crippen LogP contribution in [0.1, 0.15) is 23.0 Å². The molecule has 2 aliphatic rings. The first-order valence-electron chi connectivity index (χ1n) is 7.54. The molecule has 1 atom stereocenters. The Morgan fingerprint density at radius 1 is 1.23 bits per heavy atom. The van der Waals surface area contributed by atoms with Gasteiger partial charge in [-0.15, -0.1) is 0 Å². The van der Waals surface area contributed by atoms with Gasteiger partial charge in [-0.05, 0) is 24.0 Å². The third-order valence-electron chi connectivity index (χ3n) is 4.49. The van der Waals surface area contributed by atoms with E-state index < -0.39 is 0 Å². The minimum absolute atomic E-state index is 0.00454. The number of ether oxygens (including phenoxy) is 1. The third-order valence-corrected chi connectivity index (χ3v) is 4.49. The average molecular weight is 299 g/mol. The number of carbonyl (C=O) groups is 1. The Labute approximate surface area is 128 Å². The first-order valence-corrected chi connectivity index (χ1v) is 7.54. The molecule has 1 aromatic carbocycles. The van der Waals surface area contributed by atoms with Gasteiger partial charge < -0.3 is 14.2 Å². The Morgan fingerprint density at radius 2 is 2.00 bits per heavy atom. The second-order valence-corrected chi connectivity index (χ2v) is 5.79. The summed E-state index contributed by atoms with van der Waals surface area (Å²) >= 11 is 0. The fourth-order valence-corrected chi connectivity index (χ4v) is 3.37. The van der Waals surface area contributed by atoms with Crippen LogP contribution in [0.2, 0.25) is 0 Å². The van der Waals surface area contributed by atoms with Gasteiger partial charge in [0.2, 0.25) is 12.3 Å². The molecule has 114 valence electrons. The number of benzene rings is 1. The summed E-state index contributed by atoms with van der Waals surface area (Å²) in [5.41, 5.74) is 2.57. The molecule has 0 saturated carbocycles. The highest BCUT2D eigenvalue weighted by molar-refractivity contribution is 5.81. The maximum Gasteiger partial charge on any atom is 0.227 e. The van der Waals surface area contributed by atoms with Gasteiger partial charge in [0, 0.05) is 12.5 Å². The van der Waals surface area contributed by atoms with E-state index >= 15 is 0 Å². The molecular formula is C16H17N3O3. The predicted molar refractivity (Wildman–Crippen MR) is 76.9 cm³/mol. The van der Waals surface area contributed by atoms with Crippen LogP contribution in [0, 0.1) is 5.92 Å². The van der Waals surface area contributed by atoms with E-state index in [1.165, 1.54) is 17.5 Å². The van der Waals surface area contributed by atoms with E-state index in [0.29, 0.717) is 25.6 Å². The molecule has 1 amide bonds. The van der Waals surface area contributed by atoms with E-state index in [-0.39, 0.29) is 17.9 Å². The first-order chi connectivity index (χ1) is 10.8. The topological polar surface area (TPSA) is 68.5 Å². The van der Waals surface area contributed by atoms with Gasteiger partial charge in [0.1, 0.15) is 6.04 Å². The largest absolute Gasteiger partial charge is 0.377 e.